The lowest BCUT2D eigenvalue weighted by Gasteiger charge is -2.17. The average molecular weight is 285 g/mol. The highest BCUT2D eigenvalue weighted by Gasteiger charge is 2.24. The Bertz CT molecular complexity index is 370. The molecule has 0 amide bonds. The molecule has 0 aromatic heterocycles. The Kier molecular flexibility index (Phi) is 3.71. The van der Waals surface area contributed by atoms with Crippen molar-refractivity contribution in [1.29, 1.82) is 0 Å². The summed E-state index contributed by atoms with van der Waals surface area (Å²) in [7, 11) is 0. The molecule has 1 aliphatic carbocycles. The third kappa shape index (κ3) is 2.68. The van der Waals surface area contributed by atoms with Gasteiger partial charge in [0, 0.05) is 16.9 Å². The first-order valence-corrected chi connectivity index (χ1v) is 6.43. The molecule has 1 saturated carbocycles. The fourth-order valence-electron chi connectivity index (χ4n) is 2.19. The molecule has 1 aromatic carbocycles. The lowest BCUT2D eigenvalue weighted by molar-refractivity contribution is 0.138. The Labute approximate surface area is 104 Å². The highest BCUT2D eigenvalue weighted by Crippen LogP contribution is 2.28. The smallest absolute Gasteiger partial charge is 0.0585 e. The van der Waals surface area contributed by atoms with E-state index in [4.69, 9.17) is 5.73 Å². The van der Waals surface area contributed by atoms with Crippen molar-refractivity contribution < 1.29 is 5.11 Å². The van der Waals surface area contributed by atoms with Crippen LogP contribution in [-0.4, -0.2) is 17.8 Å². The molecule has 2 rings (SSSR count). The Morgan fingerprint density at radius 1 is 1.44 bits per heavy atom. The number of aliphatic hydroxyl groups is 1. The van der Waals surface area contributed by atoms with Gasteiger partial charge < -0.3 is 16.2 Å². The van der Waals surface area contributed by atoms with Gasteiger partial charge in [-0.3, -0.25) is 0 Å². The van der Waals surface area contributed by atoms with Crippen molar-refractivity contribution in [3.05, 3.63) is 22.7 Å². The van der Waals surface area contributed by atoms with Crippen molar-refractivity contribution in [3.8, 4) is 0 Å². The van der Waals surface area contributed by atoms with Crippen LogP contribution >= 0.6 is 15.9 Å². The maximum atomic E-state index is 9.70. The first-order chi connectivity index (χ1) is 7.66. The summed E-state index contributed by atoms with van der Waals surface area (Å²) in [6, 6.07) is 5.80. The topological polar surface area (TPSA) is 58.3 Å². The summed E-state index contributed by atoms with van der Waals surface area (Å²) in [6.07, 6.45) is 3.01. The van der Waals surface area contributed by atoms with Crippen LogP contribution in [0.4, 0.5) is 11.4 Å². The third-order valence-electron chi connectivity index (χ3n) is 3.19. The summed E-state index contributed by atoms with van der Waals surface area (Å²) in [5, 5.41) is 13.0. The minimum atomic E-state index is -0.149. The first-order valence-electron chi connectivity index (χ1n) is 5.64. The molecular weight excluding hydrogens is 268 g/mol. The summed E-state index contributed by atoms with van der Waals surface area (Å²) in [5.41, 5.74) is 7.57. The quantitative estimate of drug-likeness (QED) is 0.748. The highest BCUT2D eigenvalue weighted by molar-refractivity contribution is 9.10. The molecule has 0 radical (unpaired) electrons. The van der Waals surface area contributed by atoms with Gasteiger partial charge in [-0.1, -0.05) is 22.4 Å². The zero-order chi connectivity index (χ0) is 11.5. The van der Waals surface area contributed by atoms with Crippen molar-refractivity contribution in [2.45, 2.75) is 25.4 Å². The molecule has 0 aliphatic heterocycles. The summed E-state index contributed by atoms with van der Waals surface area (Å²) in [6.45, 7) is 0.799. The van der Waals surface area contributed by atoms with Gasteiger partial charge in [0.05, 0.1) is 17.5 Å². The number of anilines is 2. The molecule has 0 heterocycles. The van der Waals surface area contributed by atoms with E-state index in [0.717, 1.165) is 41.7 Å². The van der Waals surface area contributed by atoms with Crippen LogP contribution in [0.1, 0.15) is 19.3 Å². The van der Waals surface area contributed by atoms with E-state index in [9.17, 15) is 5.11 Å². The lowest BCUT2D eigenvalue weighted by Crippen LogP contribution is -2.22. The maximum Gasteiger partial charge on any atom is 0.0585 e. The van der Waals surface area contributed by atoms with Crippen LogP contribution in [0.5, 0.6) is 0 Å². The number of nitrogens with two attached hydrogens (primary N) is 1. The van der Waals surface area contributed by atoms with E-state index in [1.807, 2.05) is 18.2 Å². The van der Waals surface area contributed by atoms with Crippen LogP contribution in [0.15, 0.2) is 22.7 Å². The van der Waals surface area contributed by atoms with E-state index >= 15 is 0 Å². The number of benzene rings is 1. The van der Waals surface area contributed by atoms with Gasteiger partial charge >= 0.3 is 0 Å². The predicted molar refractivity (Wildman–Crippen MR) is 70.4 cm³/mol. The third-order valence-corrected chi connectivity index (χ3v) is 3.68. The molecule has 16 heavy (non-hydrogen) atoms. The number of halogens is 1. The van der Waals surface area contributed by atoms with Crippen LogP contribution in [0, 0.1) is 5.92 Å². The van der Waals surface area contributed by atoms with Crippen LogP contribution in [0.3, 0.4) is 0 Å². The average Bonchev–Trinajstić information content (AvgIpc) is 2.63. The fourth-order valence-corrected chi connectivity index (χ4v) is 2.57. The minimum Gasteiger partial charge on any atom is -0.397 e. The van der Waals surface area contributed by atoms with Crippen LogP contribution < -0.4 is 11.1 Å². The summed E-state index contributed by atoms with van der Waals surface area (Å²) in [4.78, 5) is 0. The van der Waals surface area contributed by atoms with Gasteiger partial charge in [0.25, 0.3) is 0 Å². The second kappa shape index (κ2) is 5.06. The largest absolute Gasteiger partial charge is 0.397 e. The number of hydrogen-bond donors (Lipinski definition) is 3. The van der Waals surface area contributed by atoms with Crippen molar-refractivity contribution in [3.63, 3.8) is 0 Å². The van der Waals surface area contributed by atoms with Gasteiger partial charge in [0.15, 0.2) is 0 Å². The molecular formula is C12H17BrN2O. The van der Waals surface area contributed by atoms with Gasteiger partial charge in [0.1, 0.15) is 0 Å². The van der Waals surface area contributed by atoms with Gasteiger partial charge in [-0.25, -0.2) is 0 Å². The zero-order valence-electron chi connectivity index (χ0n) is 9.12. The van der Waals surface area contributed by atoms with Crippen LogP contribution in [-0.2, 0) is 0 Å². The molecule has 2 atom stereocenters. The molecule has 1 aliphatic rings. The van der Waals surface area contributed by atoms with Gasteiger partial charge in [-0.05, 0) is 31.0 Å². The second-order valence-electron chi connectivity index (χ2n) is 4.37. The molecule has 88 valence electrons. The van der Waals surface area contributed by atoms with Crippen molar-refractivity contribution in [2.24, 2.45) is 5.92 Å². The highest BCUT2D eigenvalue weighted by atomic mass is 79.9. The van der Waals surface area contributed by atoms with Gasteiger partial charge in [-0.2, -0.15) is 0 Å². The Morgan fingerprint density at radius 2 is 2.25 bits per heavy atom. The lowest BCUT2D eigenvalue weighted by atomic mass is 10.1. The summed E-state index contributed by atoms with van der Waals surface area (Å²) >= 11 is 3.38. The van der Waals surface area contributed by atoms with E-state index in [1.54, 1.807) is 0 Å². The standard InChI is InChI=1S/C12H17BrN2O/c13-9-4-5-11(10(14)6-9)15-7-8-2-1-3-12(8)16/h4-6,8,12,15-16H,1-3,7,14H2. The van der Waals surface area contributed by atoms with Crippen LogP contribution in [0.25, 0.3) is 0 Å². The van der Waals surface area contributed by atoms with Crippen LogP contribution in [0.2, 0.25) is 0 Å². The molecule has 1 fully saturated rings. The molecule has 2 unspecified atom stereocenters. The SMILES string of the molecule is Nc1cc(Br)ccc1NCC1CCCC1O. The molecule has 4 heteroatoms. The van der Waals surface area contributed by atoms with Gasteiger partial charge in [-0.15, -0.1) is 0 Å². The van der Waals surface area contributed by atoms with Crippen molar-refractivity contribution in [1.82, 2.24) is 0 Å². The Morgan fingerprint density at radius 3 is 2.88 bits per heavy atom. The van der Waals surface area contributed by atoms with E-state index in [-0.39, 0.29) is 6.10 Å². The summed E-state index contributed by atoms with van der Waals surface area (Å²) in [5.74, 6) is 0.364. The Hall–Kier alpha value is -0.740. The number of nitrogens with one attached hydrogen (secondary N) is 1. The van der Waals surface area contributed by atoms with E-state index in [1.165, 1.54) is 0 Å². The molecule has 0 spiro atoms. The van der Waals surface area contributed by atoms with E-state index < -0.39 is 0 Å². The monoisotopic (exact) mass is 284 g/mol. The molecule has 0 bridgehead atoms. The van der Waals surface area contributed by atoms with E-state index in [0.29, 0.717) is 5.92 Å². The molecule has 4 N–H and O–H groups in total. The summed E-state index contributed by atoms with van der Waals surface area (Å²) < 4.78 is 0.983. The number of nitrogen functional groups attached to an aromatic ring is 1. The molecule has 0 saturated heterocycles. The van der Waals surface area contributed by atoms with Gasteiger partial charge in [0.2, 0.25) is 0 Å². The predicted octanol–water partition coefficient (Wildman–Crippen LogP) is 2.60. The normalized spacial score (nSPS) is 24.6. The van der Waals surface area contributed by atoms with E-state index in [2.05, 4.69) is 21.2 Å². The van der Waals surface area contributed by atoms with Crippen molar-refractivity contribution in [2.75, 3.05) is 17.6 Å². The Balaban J connectivity index is 1.94. The second-order valence-corrected chi connectivity index (χ2v) is 5.29. The zero-order valence-corrected chi connectivity index (χ0v) is 10.7. The number of hydrogen-bond acceptors (Lipinski definition) is 3. The molecule has 3 nitrogen and oxygen atoms in total. The number of aliphatic hydroxyl groups excluding tert-OH is 1. The van der Waals surface area contributed by atoms with Crippen molar-refractivity contribution >= 4 is 27.3 Å². The fraction of sp³-hybridized carbons (Fsp3) is 0.500. The first kappa shape index (κ1) is 11.7. The molecule has 1 aromatic rings. The number of rotatable bonds is 3. The maximum absolute atomic E-state index is 9.70. The minimum absolute atomic E-state index is 0.149.